The Morgan fingerprint density at radius 3 is 2.70 bits per heavy atom. The van der Waals surface area contributed by atoms with Crippen LogP contribution in [0, 0.1) is 12.7 Å². The summed E-state index contributed by atoms with van der Waals surface area (Å²) >= 11 is 0. The molecule has 2 N–H and O–H groups in total. The quantitative estimate of drug-likeness (QED) is 0.888. The molecule has 2 aromatic rings. The summed E-state index contributed by atoms with van der Waals surface area (Å²) in [6.07, 6.45) is 0.851. The third kappa shape index (κ3) is 3.83. The van der Waals surface area contributed by atoms with E-state index in [0.717, 1.165) is 30.6 Å². The van der Waals surface area contributed by atoms with Gasteiger partial charge in [0.25, 0.3) is 10.0 Å². The zero-order valence-electron chi connectivity index (χ0n) is 12.6. The minimum Gasteiger partial charge on any atom is -0.312 e. The molecule has 1 heterocycles. The number of anilines is 1. The van der Waals surface area contributed by atoms with Crippen molar-refractivity contribution in [1.82, 2.24) is 5.32 Å². The summed E-state index contributed by atoms with van der Waals surface area (Å²) < 4.78 is 41.0. The molecular formula is C16H18ClFN2O2S. The summed E-state index contributed by atoms with van der Waals surface area (Å²) in [4.78, 5) is -0.327. The van der Waals surface area contributed by atoms with Crippen molar-refractivity contribution in [2.75, 3.05) is 11.3 Å². The maximum atomic E-state index is 13.8. The molecule has 1 aliphatic rings. The Kier molecular flexibility index (Phi) is 5.29. The van der Waals surface area contributed by atoms with E-state index in [0.29, 0.717) is 11.3 Å². The zero-order valence-corrected chi connectivity index (χ0v) is 14.2. The summed E-state index contributed by atoms with van der Waals surface area (Å²) in [7, 11) is -3.93. The van der Waals surface area contributed by atoms with Gasteiger partial charge in [-0.1, -0.05) is 12.1 Å². The van der Waals surface area contributed by atoms with E-state index in [1.807, 2.05) is 12.1 Å². The predicted molar refractivity (Wildman–Crippen MR) is 91.0 cm³/mol. The Morgan fingerprint density at radius 2 is 1.91 bits per heavy atom. The van der Waals surface area contributed by atoms with Crippen LogP contribution in [0.5, 0.6) is 0 Å². The molecule has 0 bridgehead atoms. The van der Waals surface area contributed by atoms with Crippen molar-refractivity contribution in [3.8, 4) is 0 Å². The molecule has 0 unspecified atom stereocenters. The second-order valence-corrected chi connectivity index (χ2v) is 7.10. The molecule has 0 radical (unpaired) electrons. The fourth-order valence-electron chi connectivity index (χ4n) is 2.57. The number of sulfonamides is 1. The molecule has 4 nitrogen and oxygen atoms in total. The first kappa shape index (κ1) is 17.7. The topological polar surface area (TPSA) is 58.2 Å². The van der Waals surface area contributed by atoms with Gasteiger partial charge in [-0.25, -0.2) is 12.8 Å². The van der Waals surface area contributed by atoms with E-state index in [4.69, 9.17) is 0 Å². The Balaban J connectivity index is 0.00000192. The van der Waals surface area contributed by atoms with Crippen LogP contribution in [0.25, 0.3) is 0 Å². The van der Waals surface area contributed by atoms with Gasteiger partial charge in [-0.2, -0.15) is 0 Å². The number of rotatable bonds is 3. The van der Waals surface area contributed by atoms with Crippen molar-refractivity contribution in [3.05, 3.63) is 58.9 Å². The third-order valence-electron chi connectivity index (χ3n) is 3.72. The van der Waals surface area contributed by atoms with Crippen molar-refractivity contribution in [3.63, 3.8) is 0 Å². The summed E-state index contributed by atoms with van der Waals surface area (Å²) in [6.45, 7) is 3.38. The van der Waals surface area contributed by atoms with Crippen LogP contribution in [-0.2, 0) is 23.0 Å². The van der Waals surface area contributed by atoms with Crippen molar-refractivity contribution in [2.45, 2.75) is 24.8 Å². The molecular weight excluding hydrogens is 339 g/mol. The van der Waals surface area contributed by atoms with Crippen molar-refractivity contribution >= 4 is 28.1 Å². The molecule has 1 aliphatic heterocycles. The summed E-state index contributed by atoms with van der Waals surface area (Å²) in [5, 5.41) is 3.26. The van der Waals surface area contributed by atoms with Crippen LogP contribution in [0.2, 0.25) is 0 Å². The SMILES string of the molecule is Cc1ccc(F)c(S(=O)(=O)Nc2ccc3c(c2)CCNC3)c1.Cl. The van der Waals surface area contributed by atoms with Gasteiger partial charge in [0.05, 0.1) is 0 Å². The number of fused-ring (bicyclic) bond motifs is 1. The molecule has 0 atom stereocenters. The molecule has 124 valence electrons. The van der Waals surface area contributed by atoms with Crippen LogP contribution in [0.4, 0.5) is 10.1 Å². The van der Waals surface area contributed by atoms with Crippen LogP contribution in [0.1, 0.15) is 16.7 Å². The Hall–Kier alpha value is -1.63. The first-order valence-corrected chi connectivity index (χ1v) is 8.55. The van der Waals surface area contributed by atoms with E-state index < -0.39 is 15.8 Å². The number of hydrogen-bond donors (Lipinski definition) is 2. The second kappa shape index (κ2) is 6.86. The van der Waals surface area contributed by atoms with Gasteiger partial charge >= 0.3 is 0 Å². The van der Waals surface area contributed by atoms with E-state index in [-0.39, 0.29) is 17.3 Å². The van der Waals surface area contributed by atoms with E-state index in [1.165, 1.54) is 12.1 Å². The van der Waals surface area contributed by atoms with Crippen LogP contribution < -0.4 is 10.0 Å². The lowest BCUT2D eigenvalue weighted by atomic mass is 10.0. The maximum Gasteiger partial charge on any atom is 0.264 e. The van der Waals surface area contributed by atoms with Gasteiger partial charge in [-0.05, 0) is 60.8 Å². The first-order chi connectivity index (χ1) is 10.5. The second-order valence-electron chi connectivity index (χ2n) is 5.45. The highest BCUT2D eigenvalue weighted by atomic mass is 35.5. The predicted octanol–water partition coefficient (Wildman–Crippen LogP) is 3.00. The molecule has 2 aromatic carbocycles. The molecule has 23 heavy (non-hydrogen) atoms. The monoisotopic (exact) mass is 356 g/mol. The number of benzene rings is 2. The van der Waals surface area contributed by atoms with E-state index in [1.54, 1.807) is 19.1 Å². The van der Waals surface area contributed by atoms with Crippen molar-refractivity contribution in [2.24, 2.45) is 0 Å². The summed E-state index contributed by atoms with van der Waals surface area (Å²) in [6, 6.07) is 9.47. The lowest BCUT2D eigenvalue weighted by Gasteiger charge is -2.18. The van der Waals surface area contributed by atoms with Crippen LogP contribution >= 0.6 is 12.4 Å². The van der Waals surface area contributed by atoms with E-state index in [9.17, 15) is 12.8 Å². The lowest BCUT2D eigenvalue weighted by molar-refractivity contribution is 0.570. The first-order valence-electron chi connectivity index (χ1n) is 7.07. The van der Waals surface area contributed by atoms with E-state index >= 15 is 0 Å². The molecule has 0 saturated carbocycles. The molecule has 0 fully saturated rings. The highest BCUT2D eigenvalue weighted by Crippen LogP contribution is 2.23. The number of nitrogens with one attached hydrogen (secondary N) is 2. The molecule has 3 rings (SSSR count). The number of halogens is 2. The van der Waals surface area contributed by atoms with Crippen LogP contribution in [-0.4, -0.2) is 15.0 Å². The Labute approximate surface area is 141 Å². The maximum absolute atomic E-state index is 13.8. The molecule has 7 heteroatoms. The smallest absolute Gasteiger partial charge is 0.264 e. The Bertz CT molecular complexity index is 825. The summed E-state index contributed by atoms with van der Waals surface area (Å²) in [5.74, 6) is -0.750. The lowest BCUT2D eigenvalue weighted by Crippen LogP contribution is -2.23. The molecule has 0 amide bonds. The van der Waals surface area contributed by atoms with Gasteiger partial charge in [0.15, 0.2) is 0 Å². The van der Waals surface area contributed by atoms with Crippen LogP contribution in [0.3, 0.4) is 0 Å². The number of hydrogen-bond acceptors (Lipinski definition) is 3. The minimum atomic E-state index is -3.93. The van der Waals surface area contributed by atoms with Crippen molar-refractivity contribution < 1.29 is 12.8 Å². The van der Waals surface area contributed by atoms with Gasteiger partial charge in [0, 0.05) is 12.2 Å². The van der Waals surface area contributed by atoms with Crippen molar-refractivity contribution in [1.29, 1.82) is 0 Å². The standard InChI is InChI=1S/C16H17FN2O2S.ClH/c1-11-2-5-15(17)16(8-11)22(20,21)19-14-4-3-13-10-18-7-6-12(13)9-14;/h2-5,8-9,18-19H,6-7,10H2,1H3;1H. The highest BCUT2D eigenvalue weighted by Gasteiger charge is 2.20. The van der Waals surface area contributed by atoms with E-state index in [2.05, 4.69) is 10.0 Å². The average Bonchev–Trinajstić information content (AvgIpc) is 2.49. The molecule has 0 aliphatic carbocycles. The molecule has 0 spiro atoms. The normalized spacial score (nSPS) is 13.8. The zero-order chi connectivity index (χ0) is 15.7. The third-order valence-corrected chi connectivity index (χ3v) is 5.12. The fourth-order valence-corrected chi connectivity index (χ4v) is 3.78. The largest absolute Gasteiger partial charge is 0.312 e. The Morgan fingerprint density at radius 1 is 1.13 bits per heavy atom. The van der Waals surface area contributed by atoms with Gasteiger partial charge in [-0.15, -0.1) is 12.4 Å². The van der Waals surface area contributed by atoms with Gasteiger partial charge < -0.3 is 5.32 Å². The van der Waals surface area contributed by atoms with Gasteiger partial charge in [0.2, 0.25) is 0 Å². The van der Waals surface area contributed by atoms with Gasteiger partial charge in [-0.3, -0.25) is 4.72 Å². The molecule has 0 saturated heterocycles. The minimum absolute atomic E-state index is 0. The molecule has 0 aromatic heterocycles. The highest BCUT2D eigenvalue weighted by molar-refractivity contribution is 7.92. The fraction of sp³-hybridized carbons (Fsp3) is 0.250. The average molecular weight is 357 g/mol. The van der Waals surface area contributed by atoms with Gasteiger partial charge in [0.1, 0.15) is 10.7 Å². The summed E-state index contributed by atoms with van der Waals surface area (Å²) in [5.41, 5.74) is 3.43. The van der Waals surface area contributed by atoms with Crippen LogP contribution in [0.15, 0.2) is 41.3 Å². The number of aryl methyl sites for hydroxylation is 1.